The fourth-order valence-electron chi connectivity index (χ4n) is 2.66. The Morgan fingerprint density at radius 1 is 1.29 bits per heavy atom. The molecule has 0 N–H and O–H groups in total. The van der Waals surface area contributed by atoms with Gasteiger partial charge in [-0.2, -0.15) is 0 Å². The highest BCUT2D eigenvalue weighted by Gasteiger charge is 2.42. The minimum Gasteiger partial charge on any atom is -0.103 e. The van der Waals surface area contributed by atoms with Crippen LogP contribution in [0.4, 0.5) is 0 Å². The summed E-state index contributed by atoms with van der Waals surface area (Å²) in [6.07, 6.45) is 6.20. The summed E-state index contributed by atoms with van der Waals surface area (Å²) in [4.78, 5) is 0. The van der Waals surface area contributed by atoms with Crippen LogP contribution in [0.2, 0.25) is 0 Å². The number of hydrogen-bond donors (Lipinski definition) is 0. The minimum absolute atomic E-state index is 0.383. The molecule has 0 amide bonds. The molecular weight excluding hydrogens is 168 g/mol. The van der Waals surface area contributed by atoms with Gasteiger partial charge in [0.1, 0.15) is 0 Å². The smallest absolute Gasteiger partial charge is 0.0123 e. The van der Waals surface area contributed by atoms with Gasteiger partial charge in [-0.1, -0.05) is 40.7 Å². The predicted octanol–water partition coefficient (Wildman–Crippen LogP) is 4.66. The summed E-state index contributed by atoms with van der Waals surface area (Å²) in [6.45, 7) is 15.9. The summed E-state index contributed by atoms with van der Waals surface area (Å²) < 4.78 is 0. The van der Waals surface area contributed by atoms with Crippen molar-refractivity contribution >= 4 is 0 Å². The molecule has 82 valence electrons. The third kappa shape index (κ3) is 1.89. The summed E-state index contributed by atoms with van der Waals surface area (Å²) in [5.41, 5.74) is 0.941. The lowest BCUT2D eigenvalue weighted by Gasteiger charge is -2.48. The van der Waals surface area contributed by atoms with Crippen LogP contribution in [0.25, 0.3) is 0 Å². The van der Waals surface area contributed by atoms with E-state index in [2.05, 4.69) is 47.3 Å². The molecule has 0 radical (unpaired) electrons. The van der Waals surface area contributed by atoms with Crippen molar-refractivity contribution in [2.75, 3.05) is 0 Å². The second kappa shape index (κ2) is 3.72. The van der Waals surface area contributed by atoms with Gasteiger partial charge >= 0.3 is 0 Å². The Morgan fingerprint density at radius 3 is 2.21 bits per heavy atom. The molecule has 0 spiro atoms. The SMILES string of the molecule is C=CC1(C)CCC(C)(C(C)C)C[C@@H]1C. The normalized spacial score (nSPS) is 44.0. The Bertz CT molecular complexity index is 216. The molecule has 1 aliphatic carbocycles. The van der Waals surface area contributed by atoms with E-state index in [9.17, 15) is 0 Å². The van der Waals surface area contributed by atoms with Crippen LogP contribution in [0.5, 0.6) is 0 Å². The van der Waals surface area contributed by atoms with Gasteiger partial charge in [-0.25, -0.2) is 0 Å². The Morgan fingerprint density at radius 2 is 1.86 bits per heavy atom. The van der Waals surface area contributed by atoms with Crippen LogP contribution in [0, 0.1) is 22.7 Å². The topological polar surface area (TPSA) is 0 Å². The largest absolute Gasteiger partial charge is 0.103 e. The standard InChI is InChI=1S/C14H26/c1-7-13(5)8-9-14(6,11(2)3)10-12(13)4/h7,11-12H,1,8-10H2,2-6H3/t12-,13?,14?/m0/s1. The molecule has 0 nitrogen and oxygen atoms in total. The van der Waals surface area contributed by atoms with Crippen LogP contribution in [0.15, 0.2) is 12.7 Å². The number of hydrogen-bond acceptors (Lipinski definition) is 0. The first-order valence-electron chi connectivity index (χ1n) is 5.98. The van der Waals surface area contributed by atoms with Crippen molar-refractivity contribution in [3.63, 3.8) is 0 Å². The Labute approximate surface area is 89.8 Å². The van der Waals surface area contributed by atoms with Gasteiger partial charge in [-0.05, 0) is 41.9 Å². The lowest BCUT2D eigenvalue weighted by atomic mass is 9.57. The first kappa shape index (κ1) is 11.8. The molecule has 14 heavy (non-hydrogen) atoms. The van der Waals surface area contributed by atoms with Crippen LogP contribution in [-0.4, -0.2) is 0 Å². The van der Waals surface area contributed by atoms with E-state index in [-0.39, 0.29) is 0 Å². The maximum absolute atomic E-state index is 4.00. The van der Waals surface area contributed by atoms with Gasteiger partial charge in [0.2, 0.25) is 0 Å². The monoisotopic (exact) mass is 194 g/mol. The van der Waals surface area contributed by atoms with Crippen molar-refractivity contribution < 1.29 is 0 Å². The first-order valence-corrected chi connectivity index (χ1v) is 5.98. The van der Waals surface area contributed by atoms with Gasteiger partial charge in [0.15, 0.2) is 0 Å². The Kier molecular flexibility index (Phi) is 3.13. The summed E-state index contributed by atoms with van der Waals surface area (Å²) in [5, 5.41) is 0. The third-order valence-electron chi connectivity index (χ3n) is 4.99. The van der Waals surface area contributed by atoms with Crippen molar-refractivity contribution in [2.24, 2.45) is 22.7 Å². The molecule has 1 saturated carbocycles. The maximum atomic E-state index is 4.00. The number of allylic oxidation sites excluding steroid dienone is 1. The molecule has 0 bridgehead atoms. The van der Waals surface area contributed by atoms with Gasteiger partial charge in [0, 0.05) is 0 Å². The molecule has 0 heterocycles. The summed E-state index contributed by atoms with van der Waals surface area (Å²) in [5.74, 6) is 1.58. The Balaban J connectivity index is 2.77. The average molecular weight is 194 g/mol. The fraction of sp³-hybridized carbons (Fsp3) is 0.857. The molecule has 0 heteroatoms. The van der Waals surface area contributed by atoms with E-state index in [0.717, 1.165) is 11.8 Å². The van der Waals surface area contributed by atoms with E-state index >= 15 is 0 Å². The lowest BCUT2D eigenvalue weighted by Crippen LogP contribution is -2.38. The van der Waals surface area contributed by atoms with Crippen LogP contribution >= 0.6 is 0 Å². The zero-order valence-electron chi connectivity index (χ0n) is 10.6. The molecule has 2 unspecified atom stereocenters. The Hall–Kier alpha value is -0.260. The molecule has 0 aliphatic heterocycles. The van der Waals surface area contributed by atoms with E-state index < -0.39 is 0 Å². The summed E-state index contributed by atoms with van der Waals surface area (Å²) in [6, 6.07) is 0. The van der Waals surface area contributed by atoms with Gasteiger partial charge in [0.25, 0.3) is 0 Å². The highest BCUT2D eigenvalue weighted by atomic mass is 14.5. The molecule has 0 aromatic rings. The highest BCUT2D eigenvalue weighted by Crippen LogP contribution is 2.52. The van der Waals surface area contributed by atoms with Gasteiger partial charge in [-0.15, -0.1) is 6.58 Å². The number of rotatable bonds is 2. The van der Waals surface area contributed by atoms with Crippen LogP contribution < -0.4 is 0 Å². The van der Waals surface area contributed by atoms with E-state index in [1.165, 1.54) is 19.3 Å². The lowest BCUT2D eigenvalue weighted by molar-refractivity contribution is 0.0403. The van der Waals surface area contributed by atoms with Crippen LogP contribution in [0.1, 0.15) is 53.9 Å². The second-order valence-electron chi connectivity index (χ2n) is 6.12. The molecule has 0 aromatic heterocycles. The third-order valence-corrected chi connectivity index (χ3v) is 4.99. The van der Waals surface area contributed by atoms with Crippen molar-refractivity contribution in [1.82, 2.24) is 0 Å². The minimum atomic E-state index is 0.383. The zero-order chi connectivity index (χ0) is 11.0. The molecule has 0 saturated heterocycles. The summed E-state index contributed by atoms with van der Waals surface area (Å²) >= 11 is 0. The maximum Gasteiger partial charge on any atom is -0.0123 e. The molecular formula is C14H26. The van der Waals surface area contributed by atoms with Crippen molar-refractivity contribution in [3.05, 3.63) is 12.7 Å². The van der Waals surface area contributed by atoms with Crippen LogP contribution in [-0.2, 0) is 0 Å². The van der Waals surface area contributed by atoms with Crippen molar-refractivity contribution in [2.45, 2.75) is 53.9 Å². The second-order valence-corrected chi connectivity index (χ2v) is 6.12. The summed E-state index contributed by atoms with van der Waals surface area (Å²) in [7, 11) is 0. The molecule has 1 fully saturated rings. The van der Waals surface area contributed by atoms with Crippen molar-refractivity contribution in [3.8, 4) is 0 Å². The molecule has 1 aliphatic rings. The van der Waals surface area contributed by atoms with Gasteiger partial charge < -0.3 is 0 Å². The van der Waals surface area contributed by atoms with E-state index in [0.29, 0.717) is 10.8 Å². The average Bonchev–Trinajstić information content (AvgIpc) is 2.12. The van der Waals surface area contributed by atoms with E-state index in [4.69, 9.17) is 0 Å². The quantitative estimate of drug-likeness (QED) is 0.561. The van der Waals surface area contributed by atoms with Gasteiger partial charge in [-0.3, -0.25) is 0 Å². The molecule has 1 rings (SSSR count). The van der Waals surface area contributed by atoms with E-state index in [1.54, 1.807) is 0 Å². The first-order chi connectivity index (χ1) is 6.34. The van der Waals surface area contributed by atoms with Crippen LogP contribution in [0.3, 0.4) is 0 Å². The van der Waals surface area contributed by atoms with Crippen molar-refractivity contribution in [1.29, 1.82) is 0 Å². The molecule has 3 atom stereocenters. The van der Waals surface area contributed by atoms with Gasteiger partial charge in [0.05, 0.1) is 0 Å². The zero-order valence-corrected chi connectivity index (χ0v) is 10.6. The predicted molar refractivity (Wildman–Crippen MR) is 64.3 cm³/mol. The highest BCUT2D eigenvalue weighted by molar-refractivity contribution is 5.01. The molecule has 0 aromatic carbocycles. The van der Waals surface area contributed by atoms with E-state index in [1.807, 2.05) is 0 Å². The fourth-order valence-corrected chi connectivity index (χ4v) is 2.66.